The highest BCUT2D eigenvalue weighted by atomic mass is 32.1. The Labute approximate surface area is 141 Å². The van der Waals surface area contributed by atoms with Crippen LogP contribution in [0.3, 0.4) is 0 Å². The third-order valence-corrected chi connectivity index (χ3v) is 4.92. The number of rotatable bonds is 7. The van der Waals surface area contributed by atoms with Gasteiger partial charge < -0.3 is 16.0 Å². The molecule has 0 bridgehead atoms. The first kappa shape index (κ1) is 16.0. The fourth-order valence-corrected chi connectivity index (χ4v) is 3.64. The van der Waals surface area contributed by atoms with Gasteiger partial charge in [-0.25, -0.2) is 4.98 Å². The van der Waals surface area contributed by atoms with Crippen LogP contribution in [-0.4, -0.2) is 34.6 Å². The van der Waals surface area contributed by atoms with Crippen molar-refractivity contribution in [2.45, 2.75) is 32.6 Å². The van der Waals surface area contributed by atoms with Crippen molar-refractivity contribution in [3.05, 3.63) is 22.7 Å². The Balaban J connectivity index is 1.62. The first-order chi connectivity index (χ1) is 11.2. The molecule has 0 aromatic carbocycles. The number of anilines is 3. The summed E-state index contributed by atoms with van der Waals surface area (Å²) in [7, 11) is 0. The summed E-state index contributed by atoms with van der Waals surface area (Å²) in [6, 6.07) is 2.01. The van der Waals surface area contributed by atoms with Gasteiger partial charge in [0.15, 0.2) is 0 Å². The van der Waals surface area contributed by atoms with Crippen LogP contribution in [0, 0.1) is 5.92 Å². The van der Waals surface area contributed by atoms with Crippen molar-refractivity contribution in [3.63, 3.8) is 0 Å². The van der Waals surface area contributed by atoms with Crippen molar-refractivity contribution in [3.8, 4) is 0 Å². The number of nitrogen functional groups attached to an aromatic ring is 1. The Morgan fingerprint density at radius 3 is 3.13 bits per heavy atom. The molecule has 6 nitrogen and oxygen atoms in total. The zero-order valence-electron chi connectivity index (χ0n) is 13.5. The molecule has 2 aromatic heterocycles. The molecule has 23 heavy (non-hydrogen) atoms. The van der Waals surface area contributed by atoms with Crippen LogP contribution in [-0.2, 0) is 6.42 Å². The first-order valence-electron chi connectivity index (χ1n) is 8.26. The van der Waals surface area contributed by atoms with E-state index in [0.29, 0.717) is 11.9 Å². The molecule has 0 radical (unpaired) electrons. The Bertz CT molecular complexity index is 615. The summed E-state index contributed by atoms with van der Waals surface area (Å²) < 4.78 is 0. The highest BCUT2D eigenvalue weighted by Crippen LogP contribution is 2.27. The van der Waals surface area contributed by atoms with E-state index in [4.69, 9.17) is 5.73 Å². The van der Waals surface area contributed by atoms with Crippen molar-refractivity contribution in [1.82, 2.24) is 15.0 Å². The fourth-order valence-electron chi connectivity index (χ4n) is 2.91. The zero-order valence-corrected chi connectivity index (χ0v) is 14.4. The zero-order chi connectivity index (χ0) is 16.1. The van der Waals surface area contributed by atoms with Gasteiger partial charge in [-0.15, -0.1) is 11.3 Å². The van der Waals surface area contributed by atoms with Gasteiger partial charge in [-0.05, 0) is 18.8 Å². The largest absolute Gasteiger partial charge is 0.370 e. The number of unbranched alkanes of at least 4 members (excludes halogenated alkanes) is 1. The fraction of sp³-hybridized carbons (Fsp3) is 0.562. The van der Waals surface area contributed by atoms with Crippen LogP contribution in [0.2, 0.25) is 0 Å². The average Bonchev–Trinajstić information content (AvgIpc) is 3.19. The van der Waals surface area contributed by atoms with Gasteiger partial charge in [0, 0.05) is 43.7 Å². The average molecular weight is 332 g/mol. The topological polar surface area (TPSA) is 80.0 Å². The Kier molecular flexibility index (Phi) is 5.27. The molecule has 0 amide bonds. The quantitative estimate of drug-likeness (QED) is 0.759. The maximum atomic E-state index is 5.88. The van der Waals surface area contributed by atoms with E-state index >= 15 is 0 Å². The van der Waals surface area contributed by atoms with Crippen LogP contribution in [0.1, 0.15) is 31.2 Å². The molecule has 1 atom stereocenters. The van der Waals surface area contributed by atoms with E-state index in [1.165, 1.54) is 11.4 Å². The van der Waals surface area contributed by atoms with E-state index in [9.17, 15) is 0 Å². The molecule has 3 rings (SSSR count). The smallest absolute Gasteiger partial charge is 0.223 e. The summed E-state index contributed by atoms with van der Waals surface area (Å²) in [6.45, 7) is 5.11. The molecule has 3 N–H and O–H groups in total. The first-order valence-corrected chi connectivity index (χ1v) is 9.14. The molecule has 1 aliphatic heterocycles. The monoisotopic (exact) mass is 332 g/mol. The third-order valence-electron chi connectivity index (χ3n) is 4.12. The molecule has 0 spiro atoms. The lowest BCUT2D eigenvalue weighted by Crippen LogP contribution is -2.22. The predicted octanol–water partition coefficient (Wildman–Crippen LogP) is 2.80. The summed E-state index contributed by atoms with van der Waals surface area (Å²) in [5.41, 5.74) is 5.88. The number of nitrogens with two attached hydrogens (primary N) is 1. The van der Waals surface area contributed by atoms with Crippen molar-refractivity contribution in [1.29, 1.82) is 0 Å². The van der Waals surface area contributed by atoms with E-state index in [2.05, 4.69) is 32.1 Å². The number of thiazole rings is 1. The molecular formula is C16H24N6S. The maximum absolute atomic E-state index is 5.88. The summed E-state index contributed by atoms with van der Waals surface area (Å²) in [5, 5.41) is 6.60. The number of nitrogens with zero attached hydrogens (tertiary/aromatic N) is 4. The standard InChI is InChI=1S/C16H24N6S/c1-2-3-5-18-13-10-14(21-16(17)20-13)22-7-4-12(11-22)9-15-19-6-8-23-15/h6,8,10,12H,2-5,7,9,11H2,1H3,(H3,17,18,20,21). The molecule has 2 aromatic rings. The lowest BCUT2D eigenvalue weighted by molar-refractivity contribution is 0.584. The molecule has 0 aliphatic carbocycles. The molecule has 1 unspecified atom stereocenters. The SMILES string of the molecule is CCCCNc1cc(N2CCC(Cc3nccs3)C2)nc(N)n1. The summed E-state index contributed by atoms with van der Waals surface area (Å²) in [5.74, 6) is 2.72. The van der Waals surface area contributed by atoms with Crippen molar-refractivity contribution < 1.29 is 0 Å². The second-order valence-electron chi connectivity index (χ2n) is 5.98. The minimum atomic E-state index is 0.338. The Hall–Kier alpha value is -1.89. The Morgan fingerprint density at radius 1 is 1.43 bits per heavy atom. The number of hydrogen-bond acceptors (Lipinski definition) is 7. The van der Waals surface area contributed by atoms with Gasteiger partial charge in [-0.1, -0.05) is 13.3 Å². The maximum Gasteiger partial charge on any atom is 0.223 e. The second-order valence-corrected chi connectivity index (χ2v) is 6.96. The van der Waals surface area contributed by atoms with E-state index < -0.39 is 0 Å². The van der Waals surface area contributed by atoms with Crippen LogP contribution >= 0.6 is 11.3 Å². The van der Waals surface area contributed by atoms with E-state index in [1.807, 2.05) is 17.6 Å². The number of aromatic nitrogens is 3. The van der Waals surface area contributed by atoms with Crippen LogP contribution in [0.5, 0.6) is 0 Å². The van der Waals surface area contributed by atoms with Crippen LogP contribution in [0.4, 0.5) is 17.6 Å². The lowest BCUT2D eigenvalue weighted by atomic mass is 10.1. The van der Waals surface area contributed by atoms with Crippen molar-refractivity contribution >= 4 is 28.9 Å². The van der Waals surface area contributed by atoms with Crippen LogP contribution in [0.15, 0.2) is 17.6 Å². The molecule has 7 heteroatoms. The van der Waals surface area contributed by atoms with Gasteiger partial charge >= 0.3 is 0 Å². The van der Waals surface area contributed by atoms with Crippen LogP contribution in [0.25, 0.3) is 0 Å². The molecule has 1 fully saturated rings. The molecule has 0 saturated carbocycles. The summed E-state index contributed by atoms with van der Waals surface area (Å²) in [6.07, 6.45) is 6.38. The normalized spacial score (nSPS) is 17.6. The van der Waals surface area contributed by atoms with Gasteiger partial charge in [0.25, 0.3) is 0 Å². The number of hydrogen-bond donors (Lipinski definition) is 2. The molecule has 3 heterocycles. The summed E-state index contributed by atoms with van der Waals surface area (Å²) in [4.78, 5) is 15.4. The van der Waals surface area contributed by atoms with Gasteiger partial charge in [-0.2, -0.15) is 9.97 Å². The van der Waals surface area contributed by atoms with Gasteiger partial charge in [0.05, 0.1) is 5.01 Å². The van der Waals surface area contributed by atoms with Crippen molar-refractivity contribution in [2.75, 3.05) is 35.6 Å². The highest BCUT2D eigenvalue weighted by Gasteiger charge is 2.25. The molecule has 1 aliphatic rings. The van der Waals surface area contributed by atoms with E-state index in [1.54, 1.807) is 11.3 Å². The third kappa shape index (κ3) is 4.31. The van der Waals surface area contributed by atoms with Gasteiger partial charge in [0.2, 0.25) is 5.95 Å². The van der Waals surface area contributed by atoms with Crippen LogP contribution < -0.4 is 16.0 Å². The van der Waals surface area contributed by atoms with E-state index in [-0.39, 0.29) is 0 Å². The van der Waals surface area contributed by atoms with Gasteiger partial charge in [-0.3, -0.25) is 0 Å². The number of nitrogens with one attached hydrogen (secondary N) is 1. The lowest BCUT2D eigenvalue weighted by Gasteiger charge is -2.18. The molecular weight excluding hydrogens is 308 g/mol. The summed E-state index contributed by atoms with van der Waals surface area (Å²) >= 11 is 1.74. The second kappa shape index (κ2) is 7.59. The van der Waals surface area contributed by atoms with Crippen molar-refractivity contribution in [2.24, 2.45) is 5.92 Å². The minimum absolute atomic E-state index is 0.338. The minimum Gasteiger partial charge on any atom is -0.370 e. The Morgan fingerprint density at radius 2 is 2.35 bits per heavy atom. The molecule has 124 valence electrons. The van der Waals surface area contributed by atoms with Gasteiger partial charge in [0.1, 0.15) is 11.6 Å². The molecule has 1 saturated heterocycles. The highest BCUT2D eigenvalue weighted by molar-refractivity contribution is 7.09. The van der Waals surface area contributed by atoms with E-state index in [0.717, 1.165) is 50.5 Å². The predicted molar refractivity (Wildman–Crippen MR) is 96.0 cm³/mol.